The number of benzene rings is 3. The number of piperidine rings is 3. The molecule has 0 aliphatic carbocycles. The minimum absolute atomic E-state index is 0.432. The van der Waals surface area contributed by atoms with Crippen molar-refractivity contribution in [1.82, 2.24) is 10.2 Å². The molecule has 1 atom stereocenters. The van der Waals surface area contributed by atoms with Crippen LogP contribution in [-0.4, -0.2) is 24.0 Å². The third-order valence-corrected chi connectivity index (χ3v) is 6.41. The summed E-state index contributed by atoms with van der Waals surface area (Å²) in [5.41, 5.74) is 6.72. The molecule has 146 valence electrons. The first-order valence-corrected chi connectivity index (χ1v) is 10.8. The first kappa shape index (κ1) is 18.2. The fourth-order valence-corrected chi connectivity index (χ4v) is 4.87. The number of nitrogens with one attached hydrogen (secondary N) is 1. The van der Waals surface area contributed by atoms with Gasteiger partial charge in [0.15, 0.2) is 0 Å². The van der Waals surface area contributed by atoms with E-state index in [4.69, 9.17) is 0 Å². The molecule has 3 heterocycles. The van der Waals surface area contributed by atoms with Gasteiger partial charge in [0.1, 0.15) is 0 Å². The molecular formula is C27H28N2. The van der Waals surface area contributed by atoms with Crippen LogP contribution < -0.4 is 5.32 Å². The van der Waals surface area contributed by atoms with E-state index in [0.717, 1.165) is 12.5 Å². The minimum Gasteiger partial charge on any atom is -0.373 e. The van der Waals surface area contributed by atoms with Gasteiger partial charge in [0, 0.05) is 25.3 Å². The Morgan fingerprint density at radius 2 is 1.45 bits per heavy atom. The average Bonchev–Trinajstić information content (AvgIpc) is 2.81. The molecule has 0 radical (unpaired) electrons. The van der Waals surface area contributed by atoms with Gasteiger partial charge in [0.2, 0.25) is 0 Å². The van der Waals surface area contributed by atoms with Crippen molar-refractivity contribution in [1.29, 1.82) is 0 Å². The van der Waals surface area contributed by atoms with Crippen LogP contribution in [0.25, 0.3) is 17.2 Å². The molecule has 1 N–H and O–H groups in total. The van der Waals surface area contributed by atoms with E-state index in [-0.39, 0.29) is 0 Å². The summed E-state index contributed by atoms with van der Waals surface area (Å²) in [5, 5.41) is 3.89. The first-order chi connectivity index (χ1) is 14.4. The van der Waals surface area contributed by atoms with Gasteiger partial charge in [0.05, 0.1) is 6.04 Å². The van der Waals surface area contributed by atoms with Crippen molar-refractivity contribution in [2.24, 2.45) is 5.92 Å². The Morgan fingerprint density at radius 3 is 2.21 bits per heavy atom. The van der Waals surface area contributed by atoms with Crippen LogP contribution >= 0.6 is 0 Å². The first-order valence-electron chi connectivity index (χ1n) is 10.8. The van der Waals surface area contributed by atoms with Crippen LogP contribution in [0.4, 0.5) is 0 Å². The molecule has 6 rings (SSSR count). The van der Waals surface area contributed by atoms with Gasteiger partial charge in [-0.05, 0) is 47.1 Å². The van der Waals surface area contributed by atoms with E-state index in [1.165, 1.54) is 53.9 Å². The fraction of sp³-hybridized carbons (Fsp3) is 0.259. The van der Waals surface area contributed by atoms with Crippen LogP contribution in [0.2, 0.25) is 0 Å². The summed E-state index contributed by atoms with van der Waals surface area (Å²) in [6.07, 6.45) is 5.03. The maximum absolute atomic E-state index is 3.89. The maximum Gasteiger partial charge on any atom is 0.0504 e. The Morgan fingerprint density at radius 1 is 0.793 bits per heavy atom. The smallest absolute Gasteiger partial charge is 0.0504 e. The van der Waals surface area contributed by atoms with Gasteiger partial charge in [-0.3, -0.25) is 0 Å². The summed E-state index contributed by atoms with van der Waals surface area (Å²) in [4.78, 5) is 2.60. The highest BCUT2D eigenvalue weighted by molar-refractivity contribution is 5.76. The molecule has 2 heteroatoms. The van der Waals surface area contributed by atoms with E-state index < -0.39 is 0 Å². The lowest BCUT2D eigenvalue weighted by molar-refractivity contribution is 0.123. The summed E-state index contributed by atoms with van der Waals surface area (Å²) >= 11 is 0. The maximum atomic E-state index is 3.89. The van der Waals surface area contributed by atoms with Crippen molar-refractivity contribution in [3.8, 4) is 11.1 Å². The van der Waals surface area contributed by atoms with Crippen molar-refractivity contribution in [2.75, 3.05) is 13.1 Å². The van der Waals surface area contributed by atoms with Crippen LogP contribution in [0.15, 0.2) is 90.6 Å². The highest BCUT2D eigenvalue weighted by Crippen LogP contribution is 2.37. The Bertz CT molecular complexity index is 970. The van der Waals surface area contributed by atoms with Gasteiger partial charge in [-0.25, -0.2) is 0 Å². The SMILES string of the molecule is C(=C1\C(NCc2ccccc2)C2CCN1CC2)/c1ccccc1-c1ccccc1. The van der Waals surface area contributed by atoms with Gasteiger partial charge >= 0.3 is 0 Å². The second-order valence-corrected chi connectivity index (χ2v) is 8.19. The standard InChI is InChI=1S/C27H28N2/c1-3-9-21(10-4-1)20-28-27-23-15-17-29(18-16-23)26(27)19-24-13-7-8-14-25(24)22-11-5-2-6-12-22/h1-14,19,23,27-28H,15-18,20H2/b26-19-. The molecule has 3 saturated heterocycles. The predicted octanol–water partition coefficient (Wildman–Crippen LogP) is 5.58. The number of nitrogens with zero attached hydrogens (tertiary/aromatic N) is 1. The Hall–Kier alpha value is -2.84. The second-order valence-electron chi connectivity index (χ2n) is 8.19. The van der Waals surface area contributed by atoms with Crippen LogP contribution in [0.3, 0.4) is 0 Å². The quantitative estimate of drug-likeness (QED) is 0.622. The van der Waals surface area contributed by atoms with Gasteiger partial charge in [-0.15, -0.1) is 0 Å². The van der Waals surface area contributed by atoms with E-state index in [0.29, 0.717) is 6.04 Å². The number of hydrogen-bond acceptors (Lipinski definition) is 2. The van der Waals surface area contributed by atoms with E-state index >= 15 is 0 Å². The topological polar surface area (TPSA) is 15.3 Å². The van der Waals surface area contributed by atoms with Crippen LogP contribution in [-0.2, 0) is 6.54 Å². The summed E-state index contributed by atoms with van der Waals surface area (Å²) < 4.78 is 0. The van der Waals surface area contributed by atoms with Crippen LogP contribution in [0, 0.1) is 5.92 Å². The third kappa shape index (κ3) is 3.86. The summed E-state index contributed by atoms with van der Waals surface area (Å²) in [6.45, 7) is 3.30. The van der Waals surface area contributed by atoms with Crippen LogP contribution in [0.1, 0.15) is 24.0 Å². The molecule has 0 aromatic heterocycles. The summed E-state index contributed by atoms with van der Waals surface area (Å²) in [7, 11) is 0. The summed E-state index contributed by atoms with van der Waals surface area (Å²) in [6, 6.07) is 30.7. The lowest BCUT2D eigenvalue weighted by Gasteiger charge is -2.48. The normalized spacial score (nSPS) is 22.2. The van der Waals surface area contributed by atoms with Gasteiger partial charge in [-0.2, -0.15) is 0 Å². The van der Waals surface area contributed by atoms with E-state index in [9.17, 15) is 0 Å². The van der Waals surface area contributed by atoms with E-state index in [1.54, 1.807) is 0 Å². The molecule has 29 heavy (non-hydrogen) atoms. The molecule has 3 fully saturated rings. The molecule has 3 aromatic rings. The molecular weight excluding hydrogens is 352 g/mol. The molecule has 3 aromatic carbocycles. The Balaban J connectivity index is 1.47. The zero-order valence-electron chi connectivity index (χ0n) is 16.8. The second kappa shape index (κ2) is 8.26. The molecule has 0 spiro atoms. The minimum atomic E-state index is 0.432. The molecule has 2 bridgehead atoms. The Labute approximate surface area is 173 Å². The van der Waals surface area contributed by atoms with Crippen molar-refractivity contribution in [2.45, 2.75) is 25.4 Å². The number of fused-ring (bicyclic) bond motifs is 3. The van der Waals surface area contributed by atoms with Crippen LogP contribution in [0.5, 0.6) is 0 Å². The highest BCUT2D eigenvalue weighted by atomic mass is 15.2. The monoisotopic (exact) mass is 380 g/mol. The van der Waals surface area contributed by atoms with Gasteiger partial charge in [0.25, 0.3) is 0 Å². The molecule has 1 unspecified atom stereocenters. The number of hydrogen-bond donors (Lipinski definition) is 1. The fourth-order valence-electron chi connectivity index (χ4n) is 4.87. The van der Waals surface area contributed by atoms with Gasteiger partial charge < -0.3 is 10.2 Å². The molecule has 3 aliphatic rings. The highest BCUT2D eigenvalue weighted by Gasteiger charge is 2.37. The zero-order chi connectivity index (χ0) is 19.5. The number of rotatable bonds is 5. The van der Waals surface area contributed by atoms with E-state index in [1.807, 2.05) is 0 Å². The van der Waals surface area contributed by atoms with Crippen molar-refractivity contribution in [3.05, 3.63) is 102 Å². The predicted molar refractivity (Wildman–Crippen MR) is 121 cm³/mol. The van der Waals surface area contributed by atoms with Crippen molar-refractivity contribution >= 4 is 6.08 Å². The largest absolute Gasteiger partial charge is 0.373 e. The molecule has 0 amide bonds. The van der Waals surface area contributed by atoms with Crippen molar-refractivity contribution < 1.29 is 0 Å². The molecule has 3 aliphatic heterocycles. The average molecular weight is 381 g/mol. The summed E-state index contributed by atoms with van der Waals surface area (Å²) in [5.74, 6) is 0.735. The lowest BCUT2D eigenvalue weighted by atomic mass is 9.80. The van der Waals surface area contributed by atoms with Crippen molar-refractivity contribution in [3.63, 3.8) is 0 Å². The molecule has 0 saturated carbocycles. The molecule has 2 nitrogen and oxygen atoms in total. The zero-order valence-corrected chi connectivity index (χ0v) is 16.8. The third-order valence-electron chi connectivity index (χ3n) is 6.41. The van der Waals surface area contributed by atoms with E-state index in [2.05, 4.69) is 101 Å². The van der Waals surface area contributed by atoms with Gasteiger partial charge in [-0.1, -0.05) is 84.9 Å². The Kier molecular flexibility index (Phi) is 5.19. The lowest BCUT2D eigenvalue weighted by Crippen LogP contribution is -2.54.